The zero-order valence-corrected chi connectivity index (χ0v) is 12.8. The average molecular weight is 272 g/mol. The lowest BCUT2D eigenvalue weighted by atomic mass is 10.6. The van der Waals surface area contributed by atoms with Gasteiger partial charge < -0.3 is 17.8 Å². The summed E-state index contributed by atoms with van der Waals surface area (Å²) in [6.07, 6.45) is 3.78. The third-order valence-electron chi connectivity index (χ3n) is 2.61. The standard InChI is InChI=1S/C12H24N2O3Si/c1-5-14-10-9-13-12(14)11-18(15-6-2,16-7-3)17-8-4/h9-10H,5-8,11H2,1-4H3. The smallest absolute Gasteiger partial charge is 0.373 e. The minimum Gasteiger partial charge on any atom is -0.373 e. The number of rotatable bonds is 9. The van der Waals surface area contributed by atoms with Crippen LogP contribution in [0.4, 0.5) is 0 Å². The van der Waals surface area contributed by atoms with E-state index < -0.39 is 8.80 Å². The molecule has 0 aromatic carbocycles. The monoisotopic (exact) mass is 272 g/mol. The molecule has 0 saturated heterocycles. The van der Waals surface area contributed by atoms with Crippen molar-refractivity contribution in [1.82, 2.24) is 9.55 Å². The molecule has 0 amide bonds. The number of imidazole rings is 1. The fourth-order valence-corrected chi connectivity index (χ4v) is 4.48. The second-order valence-corrected chi connectivity index (χ2v) is 6.37. The van der Waals surface area contributed by atoms with Gasteiger partial charge in [0, 0.05) is 38.8 Å². The molecule has 0 spiro atoms. The van der Waals surface area contributed by atoms with Gasteiger partial charge in [0.25, 0.3) is 0 Å². The third-order valence-corrected chi connectivity index (χ3v) is 5.54. The largest absolute Gasteiger partial charge is 0.508 e. The summed E-state index contributed by atoms with van der Waals surface area (Å²) in [5.74, 6) is 0.972. The SMILES string of the molecule is CCO[Si](Cc1nccn1CC)(OCC)OCC. The van der Waals surface area contributed by atoms with E-state index in [1.165, 1.54) is 0 Å². The topological polar surface area (TPSA) is 45.5 Å². The maximum Gasteiger partial charge on any atom is 0.508 e. The molecule has 0 saturated carbocycles. The lowest BCUT2D eigenvalue weighted by molar-refractivity contribution is 0.0696. The molecular weight excluding hydrogens is 248 g/mol. The number of hydrogen-bond acceptors (Lipinski definition) is 4. The van der Waals surface area contributed by atoms with E-state index in [0.29, 0.717) is 25.9 Å². The van der Waals surface area contributed by atoms with Crippen molar-refractivity contribution in [3.05, 3.63) is 18.2 Å². The first kappa shape index (κ1) is 15.4. The number of hydrogen-bond donors (Lipinski definition) is 0. The Balaban J connectivity index is 2.87. The average Bonchev–Trinajstić information content (AvgIpc) is 2.77. The molecule has 0 fully saturated rings. The third kappa shape index (κ3) is 3.91. The van der Waals surface area contributed by atoms with E-state index in [-0.39, 0.29) is 0 Å². The molecule has 0 N–H and O–H groups in total. The Kier molecular flexibility index (Phi) is 6.55. The van der Waals surface area contributed by atoms with E-state index >= 15 is 0 Å². The van der Waals surface area contributed by atoms with Gasteiger partial charge in [-0.3, -0.25) is 0 Å². The molecular formula is C12H24N2O3Si. The van der Waals surface area contributed by atoms with Crippen LogP contribution in [0.25, 0.3) is 0 Å². The van der Waals surface area contributed by atoms with Gasteiger partial charge in [-0.05, 0) is 27.7 Å². The predicted molar refractivity (Wildman–Crippen MR) is 72.2 cm³/mol. The van der Waals surface area contributed by atoms with Crippen LogP contribution in [0.5, 0.6) is 0 Å². The Hall–Kier alpha value is -0.693. The van der Waals surface area contributed by atoms with Gasteiger partial charge in [-0.15, -0.1) is 0 Å². The van der Waals surface area contributed by atoms with E-state index in [0.717, 1.165) is 12.4 Å². The maximum absolute atomic E-state index is 5.82. The first-order valence-electron chi connectivity index (χ1n) is 6.63. The quantitative estimate of drug-likeness (QED) is 0.645. The van der Waals surface area contributed by atoms with Crippen LogP contribution < -0.4 is 0 Å². The highest BCUT2D eigenvalue weighted by Crippen LogP contribution is 2.16. The predicted octanol–water partition coefficient (Wildman–Crippen LogP) is 2.03. The first-order valence-corrected chi connectivity index (χ1v) is 8.56. The van der Waals surface area contributed by atoms with Crippen LogP contribution >= 0.6 is 0 Å². The van der Waals surface area contributed by atoms with Crippen molar-refractivity contribution in [3.8, 4) is 0 Å². The minimum absolute atomic E-state index is 0.596. The first-order chi connectivity index (χ1) is 8.71. The molecule has 0 aliphatic rings. The van der Waals surface area contributed by atoms with Gasteiger partial charge in [0.1, 0.15) is 5.82 Å². The summed E-state index contributed by atoms with van der Waals surface area (Å²) < 4.78 is 19.6. The van der Waals surface area contributed by atoms with Gasteiger partial charge in [-0.1, -0.05) is 0 Å². The van der Waals surface area contributed by atoms with Crippen molar-refractivity contribution in [3.63, 3.8) is 0 Å². The molecule has 1 rings (SSSR count). The molecule has 1 heterocycles. The maximum atomic E-state index is 5.82. The number of aryl methyl sites for hydroxylation is 1. The highest BCUT2D eigenvalue weighted by molar-refractivity contribution is 6.60. The molecule has 6 heteroatoms. The minimum atomic E-state index is -2.63. The van der Waals surface area contributed by atoms with Crippen LogP contribution in [0.1, 0.15) is 33.5 Å². The van der Waals surface area contributed by atoms with Gasteiger partial charge >= 0.3 is 8.80 Å². The summed E-state index contributed by atoms with van der Waals surface area (Å²) >= 11 is 0. The molecule has 0 atom stereocenters. The van der Waals surface area contributed by atoms with Gasteiger partial charge in [0.15, 0.2) is 0 Å². The zero-order valence-electron chi connectivity index (χ0n) is 11.8. The Bertz CT molecular complexity index is 327. The van der Waals surface area contributed by atoms with Crippen molar-refractivity contribution in [2.45, 2.75) is 40.3 Å². The van der Waals surface area contributed by atoms with Crippen molar-refractivity contribution < 1.29 is 13.3 Å². The molecule has 0 unspecified atom stereocenters. The van der Waals surface area contributed by atoms with Crippen LogP contribution in [0.3, 0.4) is 0 Å². The van der Waals surface area contributed by atoms with Gasteiger partial charge in [-0.2, -0.15) is 0 Å². The van der Waals surface area contributed by atoms with Crippen LogP contribution in [-0.4, -0.2) is 38.2 Å². The Morgan fingerprint density at radius 2 is 1.61 bits per heavy atom. The normalized spacial score (nSPS) is 12.0. The fraction of sp³-hybridized carbons (Fsp3) is 0.750. The van der Waals surface area contributed by atoms with Crippen molar-refractivity contribution >= 4 is 8.80 Å². The summed E-state index contributed by atoms with van der Waals surface area (Å²) in [6, 6.07) is 0.628. The second kappa shape index (κ2) is 7.68. The molecule has 0 bridgehead atoms. The Morgan fingerprint density at radius 1 is 1.06 bits per heavy atom. The van der Waals surface area contributed by atoms with E-state index in [2.05, 4.69) is 16.5 Å². The Labute approximate surface area is 110 Å². The lowest BCUT2D eigenvalue weighted by Crippen LogP contribution is -2.49. The summed E-state index contributed by atoms with van der Waals surface area (Å²) in [5.41, 5.74) is 0. The van der Waals surface area contributed by atoms with E-state index in [9.17, 15) is 0 Å². The summed E-state index contributed by atoms with van der Waals surface area (Å²) in [4.78, 5) is 4.38. The van der Waals surface area contributed by atoms with E-state index in [4.69, 9.17) is 13.3 Å². The summed E-state index contributed by atoms with van der Waals surface area (Å²) in [6.45, 7) is 10.7. The second-order valence-electron chi connectivity index (χ2n) is 3.79. The Morgan fingerprint density at radius 3 is 2.06 bits per heavy atom. The van der Waals surface area contributed by atoms with E-state index in [1.54, 1.807) is 0 Å². The lowest BCUT2D eigenvalue weighted by Gasteiger charge is -2.28. The van der Waals surface area contributed by atoms with Crippen LogP contribution in [0.15, 0.2) is 12.4 Å². The fourth-order valence-electron chi connectivity index (χ4n) is 1.93. The van der Waals surface area contributed by atoms with Crippen LogP contribution in [-0.2, 0) is 25.9 Å². The molecule has 18 heavy (non-hydrogen) atoms. The van der Waals surface area contributed by atoms with Gasteiger partial charge in [-0.25, -0.2) is 4.98 Å². The molecule has 0 radical (unpaired) electrons. The van der Waals surface area contributed by atoms with Crippen LogP contribution in [0.2, 0.25) is 0 Å². The molecule has 1 aromatic rings. The van der Waals surface area contributed by atoms with Crippen molar-refractivity contribution in [2.24, 2.45) is 0 Å². The van der Waals surface area contributed by atoms with Gasteiger partial charge in [0.05, 0.1) is 6.04 Å². The highest BCUT2D eigenvalue weighted by Gasteiger charge is 2.42. The van der Waals surface area contributed by atoms with E-state index in [1.807, 2.05) is 33.2 Å². The molecule has 0 aliphatic heterocycles. The molecule has 1 aromatic heterocycles. The van der Waals surface area contributed by atoms with Crippen molar-refractivity contribution in [1.29, 1.82) is 0 Å². The number of nitrogens with zero attached hydrogens (tertiary/aromatic N) is 2. The highest BCUT2D eigenvalue weighted by atomic mass is 28.4. The van der Waals surface area contributed by atoms with Crippen molar-refractivity contribution in [2.75, 3.05) is 19.8 Å². The summed E-state index contributed by atoms with van der Waals surface area (Å²) in [7, 11) is -2.63. The van der Waals surface area contributed by atoms with Gasteiger partial charge in [0.2, 0.25) is 0 Å². The molecule has 104 valence electrons. The van der Waals surface area contributed by atoms with Crippen LogP contribution in [0, 0.1) is 0 Å². The zero-order chi connectivity index (χ0) is 13.4. The summed E-state index contributed by atoms with van der Waals surface area (Å²) in [5, 5.41) is 0. The molecule has 5 nitrogen and oxygen atoms in total. The molecule has 0 aliphatic carbocycles. The number of aromatic nitrogens is 2.